The molecule has 1 fully saturated rings. The van der Waals surface area contributed by atoms with Crippen molar-refractivity contribution in [3.05, 3.63) is 18.0 Å². The summed E-state index contributed by atoms with van der Waals surface area (Å²) in [6.07, 6.45) is 7.60. The third-order valence-electron chi connectivity index (χ3n) is 4.44. The topological polar surface area (TPSA) is 74.2 Å². The lowest BCUT2D eigenvalue weighted by Crippen LogP contribution is -2.52. The molecule has 0 saturated carbocycles. The Morgan fingerprint density at radius 1 is 1.14 bits per heavy atom. The summed E-state index contributed by atoms with van der Waals surface area (Å²) in [6, 6.07) is 1.80. The van der Waals surface area contributed by atoms with Crippen molar-refractivity contribution in [1.29, 1.82) is 0 Å². The molecule has 0 bridgehead atoms. The lowest BCUT2D eigenvalue weighted by molar-refractivity contribution is -0.917. The normalized spacial score (nSPS) is 17.8. The van der Waals surface area contributed by atoms with Crippen LogP contribution in [-0.4, -0.2) is 49.4 Å². The number of nitrogens with zero attached hydrogens (tertiary/aromatic N) is 2. The van der Waals surface area contributed by atoms with Crippen LogP contribution in [0.1, 0.15) is 31.4 Å². The Hall–Kier alpha value is -1.33. The second-order valence-electron chi connectivity index (χ2n) is 6.37. The molecule has 21 heavy (non-hydrogen) atoms. The van der Waals surface area contributed by atoms with Crippen molar-refractivity contribution >= 4 is 11.4 Å². The first-order chi connectivity index (χ1) is 10.1. The summed E-state index contributed by atoms with van der Waals surface area (Å²) in [7, 11) is 2.35. The third kappa shape index (κ3) is 5.17. The maximum Gasteiger partial charge on any atom is 0.102 e. The molecule has 118 valence electrons. The minimum absolute atomic E-state index is 0.638. The number of hydrogen-bond acceptors (Lipinski definition) is 4. The smallest absolute Gasteiger partial charge is 0.102 e. The molecular weight excluding hydrogens is 264 g/mol. The fraction of sp³-hybridized carbons (Fsp3) is 0.688. The van der Waals surface area contributed by atoms with Crippen LogP contribution in [0.3, 0.4) is 0 Å². The Labute approximate surface area is 127 Å². The average molecular weight is 293 g/mol. The number of pyridine rings is 1. The van der Waals surface area contributed by atoms with E-state index in [1.165, 1.54) is 30.3 Å². The molecule has 2 rings (SSSR count). The highest BCUT2D eigenvalue weighted by Gasteiger charge is 2.24. The first-order valence-corrected chi connectivity index (χ1v) is 8.00. The van der Waals surface area contributed by atoms with Crippen LogP contribution in [0.25, 0.3) is 0 Å². The van der Waals surface area contributed by atoms with Gasteiger partial charge in [0.1, 0.15) is 13.1 Å². The molecule has 0 unspecified atom stereocenters. The largest absolute Gasteiger partial charge is 0.397 e. The van der Waals surface area contributed by atoms with E-state index in [1.54, 1.807) is 12.3 Å². The van der Waals surface area contributed by atoms with Gasteiger partial charge in [0.05, 0.1) is 50.1 Å². The highest BCUT2D eigenvalue weighted by Crippen LogP contribution is 2.16. The van der Waals surface area contributed by atoms with Gasteiger partial charge in [-0.3, -0.25) is 4.98 Å². The Kier molecular flexibility index (Phi) is 5.82. The average Bonchev–Trinajstić information content (AvgIpc) is 2.45. The van der Waals surface area contributed by atoms with E-state index in [0.29, 0.717) is 5.69 Å². The number of morpholine rings is 1. The highest BCUT2D eigenvalue weighted by atomic mass is 16.5. The third-order valence-corrected chi connectivity index (χ3v) is 4.44. The molecule has 1 aromatic heterocycles. The number of hydrogen-bond donors (Lipinski definition) is 2. The molecule has 0 aromatic carbocycles. The lowest BCUT2D eigenvalue weighted by atomic mass is 10.1. The van der Waals surface area contributed by atoms with Crippen molar-refractivity contribution in [1.82, 2.24) is 4.98 Å². The molecule has 2 heterocycles. The van der Waals surface area contributed by atoms with Crippen LogP contribution in [-0.2, 0) is 11.2 Å². The molecule has 0 amide bonds. The number of likely N-dealkylation sites (N-methyl/N-ethyl adjacent to an activating group) is 1. The van der Waals surface area contributed by atoms with Gasteiger partial charge in [0.15, 0.2) is 0 Å². The van der Waals surface area contributed by atoms with Gasteiger partial charge in [-0.1, -0.05) is 6.42 Å². The summed E-state index contributed by atoms with van der Waals surface area (Å²) in [5, 5.41) is 0. The number of aromatic nitrogens is 1. The predicted molar refractivity (Wildman–Crippen MR) is 86.8 cm³/mol. The summed E-state index contributed by atoms with van der Waals surface area (Å²) < 4.78 is 6.61. The molecule has 1 saturated heterocycles. The maximum atomic E-state index is 5.92. The van der Waals surface area contributed by atoms with Crippen molar-refractivity contribution in [2.24, 2.45) is 0 Å². The van der Waals surface area contributed by atoms with Gasteiger partial charge in [0.25, 0.3) is 0 Å². The van der Waals surface area contributed by atoms with Crippen molar-refractivity contribution in [3.63, 3.8) is 0 Å². The number of nitrogens with two attached hydrogens (primary N) is 2. The zero-order valence-electron chi connectivity index (χ0n) is 13.2. The Balaban J connectivity index is 1.59. The summed E-state index contributed by atoms with van der Waals surface area (Å²) in [5.41, 5.74) is 13.9. The van der Waals surface area contributed by atoms with E-state index in [9.17, 15) is 0 Å². The lowest BCUT2D eigenvalue weighted by Gasteiger charge is -2.37. The minimum Gasteiger partial charge on any atom is -0.397 e. The van der Waals surface area contributed by atoms with E-state index >= 15 is 0 Å². The number of nitrogen functional groups attached to an aromatic ring is 2. The zero-order chi connectivity index (χ0) is 15.1. The van der Waals surface area contributed by atoms with E-state index in [0.717, 1.165) is 50.5 Å². The second-order valence-corrected chi connectivity index (χ2v) is 6.37. The number of aryl methyl sites for hydroxylation is 1. The number of anilines is 2. The van der Waals surface area contributed by atoms with E-state index in [-0.39, 0.29) is 0 Å². The summed E-state index contributed by atoms with van der Waals surface area (Å²) >= 11 is 0. The number of unbranched alkanes of at least 4 members (excludes halogenated alkanes) is 3. The van der Waals surface area contributed by atoms with E-state index in [1.807, 2.05) is 0 Å². The summed E-state index contributed by atoms with van der Waals surface area (Å²) in [6.45, 7) is 5.42. The number of ether oxygens (including phenoxy) is 1. The van der Waals surface area contributed by atoms with Gasteiger partial charge < -0.3 is 20.7 Å². The molecule has 5 nitrogen and oxygen atoms in total. The molecule has 0 aliphatic carbocycles. The fourth-order valence-electron chi connectivity index (χ4n) is 2.88. The molecular formula is C16H29N4O+. The van der Waals surface area contributed by atoms with Crippen molar-refractivity contribution in [2.75, 3.05) is 51.4 Å². The van der Waals surface area contributed by atoms with Crippen molar-refractivity contribution in [3.8, 4) is 0 Å². The molecule has 1 aromatic rings. The van der Waals surface area contributed by atoms with Crippen LogP contribution in [0.15, 0.2) is 12.3 Å². The number of rotatable bonds is 7. The van der Waals surface area contributed by atoms with Gasteiger partial charge in [-0.15, -0.1) is 0 Å². The van der Waals surface area contributed by atoms with Crippen LogP contribution in [0, 0.1) is 0 Å². The Morgan fingerprint density at radius 2 is 1.86 bits per heavy atom. The molecule has 0 spiro atoms. The van der Waals surface area contributed by atoms with Crippen molar-refractivity contribution < 1.29 is 9.22 Å². The van der Waals surface area contributed by atoms with Gasteiger partial charge in [-0.05, 0) is 31.7 Å². The first kappa shape index (κ1) is 16.0. The van der Waals surface area contributed by atoms with Gasteiger partial charge in [0.2, 0.25) is 0 Å². The zero-order valence-corrected chi connectivity index (χ0v) is 13.2. The van der Waals surface area contributed by atoms with Crippen LogP contribution in [0.2, 0.25) is 0 Å². The van der Waals surface area contributed by atoms with E-state index in [2.05, 4.69) is 12.0 Å². The van der Waals surface area contributed by atoms with Crippen LogP contribution in [0.5, 0.6) is 0 Å². The van der Waals surface area contributed by atoms with Crippen LogP contribution >= 0.6 is 0 Å². The minimum atomic E-state index is 0.638. The molecule has 1 aliphatic rings. The monoisotopic (exact) mass is 293 g/mol. The predicted octanol–water partition coefficient (Wildman–Crippen LogP) is 1.83. The second kappa shape index (κ2) is 7.61. The standard InChI is InChI=1S/C16H29N4O/c1-20(8-10-21-11-9-20)7-5-3-2-4-6-16-15(18)12-14(17)13-19-16/h12-13H,2-11,17-18H2,1H3/q+1. The molecule has 4 N–H and O–H groups in total. The Morgan fingerprint density at radius 3 is 2.57 bits per heavy atom. The Bertz CT molecular complexity index is 444. The van der Waals surface area contributed by atoms with Crippen LogP contribution in [0.4, 0.5) is 11.4 Å². The fourth-order valence-corrected chi connectivity index (χ4v) is 2.88. The van der Waals surface area contributed by atoms with Gasteiger partial charge in [0, 0.05) is 0 Å². The van der Waals surface area contributed by atoms with E-state index < -0.39 is 0 Å². The van der Waals surface area contributed by atoms with Crippen LogP contribution < -0.4 is 11.5 Å². The first-order valence-electron chi connectivity index (χ1n) is 8.00. The van der Waals surface area contributed by atoms with Gasteiger partial charge in [-0.2, -0.15) is 0 Å². The van der Waals surface area contributed by atoms with Crippen molar-refractivity contribution in [2.45, 2.75) is 32.1 Å². The molecule has 0 radical (unpaired) electrons. The quantitative estimate of drug-likeness (QED) is 0.594. The molecule has 0 atom stereocenters. The highest BCUT2D eigenvalue weighted by molar-refractivity contribution is 5.52. The molecule has 1 aliphatic heterocycles. The SMILES string of the molecule is C[N+]1(CCCCCCc2ncc(N)cc2N)CCOCC1. The van der Waals surface area contributed by atoms with Gasteiger partial charge >= 0.3 is 0 Å². The summed E-state index contributed by atoms with van der Waals surface area (Å²) in [4.78, 5) is 4.31. The maximum absolute atomic E-state index is 5.92. The van der Waals surface area contributed by atoms with Gasteiger partial charge in [-0.25, -0.2) is 0 Å². The molecule has 5 heteroatoms. The number of quaternary nitrogens is 1. The van der Waals surface area contributed by atoms with E-state index in [4.69, 9.17) is 16.2 Å². The summed E-state index contributed by atoms with van der Waals surface area (Å²) in [5.74, 6) is 0.